The number of carbonyl (C=O) groups is 3. The molecule has 1 saturated heterocycles. The Labute approximate surface area is 193 Å². The van der Waals surface area contributed by atoms with Crippen molar-refractivity contribution >= 4 is 17.7 Å². The van der Waals surface area contributed by atoms with Crippen LogP contribution in [-0.2, 0) is 10.3 Å². The van der Waals surface area contributed by atoms with E-state index in [1.807, 2.05) is 55.7 Å². The number of aromatic nitrogens is 1. The zero-order valence-electron chi connectivity index (χ0n) is 19.4. The number of nitrogens with one attached hydrogen (secondary N) is 1. The van der Waals surface area contributed by atoms with Crippen molar-refractivity contribution < 1.29 is 19.1 Å². The molecule has 1 aliphatic rings. The van der Waals surface area contributed by atoms with Gasteiger partial charge in [-0.3, -0.25) is 14.5 Å². The second kappa shape index (κ2) is 8.24. The van der Waals surface area contributed by atoms with Gasteiger partial charge in [-0.1, -0.05) is 30.3 Å². The molecular formula is C26H27N3O4. The van der Waals surface area contributed by atoms with E-state index in [-0.39, 0.29) is 12.3 Å². The van der Waals surface area contributed by atoms with E-state index in [0.29, 0.717) is 16.9 Å². The van der Waals surface area contributed by atoms with Gasteiger partial charge >= 0.3 is 6.03 Å². The summed E-state index contributed by atoms with van der Waals surface area (Å²) >= 11 is 0. The van der Waals surface area contributed by atoms with E-state index in [9.17, 15) is 14.4 Å². The minimum atomic E-state index is -1.25. The molecule has 7 heteroatoms. The lowest BCUT2D eigenvalue weighted by Gasteiger charge is -2.22. The van der Waals surface area contributed by atoms with Crippen LogP contribution in [0.3, 0.4) is 0 Å². The van der Waals surface area contributed by atoms with Crippen molar-refractivity contribution in [2.24, 2.45) is 0 Å². The van der Waals surface area contributed by atoms with Crippen molar-refractivity contribution in [3.05, 3.63) is 82.7 Å². The molecule has 0 aliphatic carbocycles. The maximum Gasteiger partial charge on any atom is 0.325 e. The second-order valence-corrected chi connectivity index (χ2v) is 8.50. The zero-order valence-corrected chi connectivity index (χ0v) is 19.4. The SMILES string of the molecule is COc1ccc(C2(C)NC(=O)N(CC(=O)c3cc(C)n(-c4ccccc4C)c3C)C2=O)cc1. The third kappa shape index (κ3) is 3.69. The summed E-state index contributed by atoms with van der Waals surface area (Å²) in [5.74, 6) is -0.0979. The third-order valence-electron chi connectivity index (χ3n) is 6.33. The van der Waals surface area contributed by atoms with Crippen LogP contribution in [0, 0.1) is 20.8 Å². The van der Waals surface area contributed by atoms with Crippen LogP contribution in [0.5, 0.6) is 5.75 Å². The summed E-state index contributed by atoms with van der Waals surface area (Å²) < 4.78 is 7.19. The van der Waals surface area contributed by atoms with E-state index in [2.05, 4.69) is 5.32 Å². The summed E-state index contributed by atoms with van der Waals surface area (Å²) in [5.41, 5.74) is 3.63. The van der Waals surface area contributed by atoms with Crippen molar-refractivity contribution in [3.63, 3.8) is 0 Å². The molecule has 4 rings (SSSR count). The lowest BCUT2D eigenvalue weighted by molar-refractivity contribution is -0.130. The number of aryl methyl sites for hydroxylation is 2. The number of imide groups is 1. The van der Waals surface area contributed by atoms with Gasteiger partial charge in [-0.15, -0.1) is 0 Å². The third-order valence-corrected chi connectivity index (χ3v) is 6.33. The molecule has 0 radical (unpaired) electrons. The molecule has 1 N–H and O–H groups in total. The second-order valence-electron chi connectivity index (χ2n) is 8.50. The molecule has 3 aromatic rings. The van der Waals surface area contributed by atoms with Gasteiger partial charge in [0.05, 0.1) is 13.7 Å². The first kappa shape index (κ1) is 22.3. The molecule has 1 fully saturated rings. The molecular weight excluding hydrogens is 418 g/mol. The predicted molar refractivity (Wildman–Crippen MR) is 125 cm³/mol. The van der Waals surface area contributed by atoms with Gasteiger partial charge in [-0.25, -0.2) is 4.79 Å². The fourth-order valence-electron chi connectivity index (χ4n) is 4.42. The number of urea groups is 1. The highest BCUT2D eigenvalue weighted by molar-refractivity contribution is 6.11. The van der Waals surface area contributed by atoms with E-state index in [4.69, 9.17) is 4.74 Å². The van der Waals surface area contributed by atoms with E-state index in [1.54, 1.807) is 38.3 Å². The fourth-order valence-corrected chi connectivity index (χ4v) is 4.42. The monoisotopic (exact) mass is 445 g/mol. The lowest BCUT2D eigenvalue weighted by atomic mass is 9.92. The molecule has 1 aromatic heterocycles. The van der Waals surface area contributed by atoms with Crippen molar-refractivity contribution in [2.45, 2.75) is 33.2 Å². The number of carbonyl (C=O) groups excluding carboxylic acids is 3. The number of hydrogen-bond acceptors (Lipinski definition) is 4. The molecule has 0 bridgehead atoms. The van der Waals surface area contributed by atoms with E-state index in [0.717, 1.165) is 27.5 Å². The highest BCUT2D eigenvalue weighted by Crippen LogP contribution is 2.31. The summed E-state index contributed by atoms with van der Waals surface area (Å²) in [4.78, 5) is 40.1. The van der Waals surface area contributed by atoms with Crippen molar-refractivity contribution in [1.29, 1.82) is 0 Å². The van der Waals surface area contributed by atoms with Crippen molar-refractivity contribution in [1.82, 2.24) is 14.8 Å². The summed E-state index contributed by atoms with van der Waals surface area (Å²) in [6.07, 6.45) is 0. The van der Waals surface area contributed by atoms with E-state index in [1.165, 1.54) is 0 Å². The molecule has 2 aromatic carbocycles. The smallest absolute Gasteiger partial charge is 0.325 e. The Hall–Kier alpha value is -3.87. The number of para-hydroxylation sites is 1. The average molecular weight is 446 g/mol. The first-order valence-electron chi connectivity index (χ1n) is 10.7. The van der Waals surface area contributed by atoms with Gasteiger partial charge in [-0.2, -0.15) is 0 Å². The molecule has 170 valence electrons. The van der Waals surface area contributed by atoms with Crippen LogP contribution in [0.1, 0.15) is 39.8 Å². The van der Waals surface area contributed by atoms with Gasteiger partial charge in [0.2, 0.25) is 0 Å². The van der Waals surface area contributed by atoms with Gasteiger partial charge in [0.25, 0.3) is 5.91 Å². The molecule has 1 unspecified atom stereocenters. The number of ketones is 1. The van der Waals surface area contributed by atoms with Crippen LogP contribution in [0.4, 0.5) is 4.79 Å². The Bertz CT molecular complexity index is 1260. The average Bonchev–Trinajstić information content (AvgIpc) is 3.21. The molecule has 1 aliphatic heterocycles. The van der Waals surface area contributed by atoms with Crippen LogP contribution in [0.2, 0.25) is 0 Å². The Balaban J connectivity index is 1.60. The van der Waals surface area contributed by atoms with Gasteiger partial charge in [0, 0.05) is 22.6 Å². The quantitative estimate of drug-likeness (QED) is 0.458. The maximum absolute atomic E-state index is 13.2. The van der Waals surface area contributed by atoms with Gasteiger partial charge in [0.1, 0.15) is 11.3 Å². The molecule has 3 amide bonds. The van der Waals surface area contributed by atoms with Crippen LogP contribution in [0.25, 0.3) is 5.69 Å². The maximum atomic E-state index is 13.2. The lowest BCUT2D eigenvalue weighted by Crippen LogP contribution is -2.41. The predicted octanol–water partition coefficient (Wildman–Crippen LogP) is 4.06. The highest BCUT2D eigenvalue weighted by atomic mass is 16.5. The number of amides is 3. The van der Waals surface area contributed by atoms with Gasteiger partial charge in [0.15, 0.2) is 5.78 Å². The number of Topliss-reactive ketones (excluding diaryl/α,β-unsaturated/α-hetero) is 1. The van der Waals surface area contributed by atoms with Crippen molar-refractivity contribution in [3.8, 4) is 11.4 Å². The molecule has 0 saturated carbocycles. The molecule has 7 nitrogen and oxygen atoms in total. The Morgan fingerprint density at radius 3 is 2.33 bits per heavy atom. The normalized spacial score (nSPS) is 17.9. The minimum absolute atomic E-state index is 0.287. The van der Waals surface area contributed by atoms with Gasteiger partial charge < -0.3 is 14.6 Å². The number of hydrogen-bond donors (Lipinski definition) is 1. The van der Waals surface area contributed by atoms with Crippen LogP contribution in [0.15, 0.2) is 54.6 Å². The van der Waals surface area contributed by atoms with Gasteiger partial charge in [-0.05, 0) is 63.1 Å². The Kier molecular flexibility index (Phi) is 5.57. The Morgan fingerprint density at radius 1 is 1.03 bits per heavy atom. The van der Waals surface area contributed by atoms with Crippen LogP contribution < -0.4 is 10.1 Å². The number of nitrogens with zero attached hydrogens (tertiary/aromatic N) is 2. The minimum Gasteiger partial charge on any atom is -0.497 e. The first-order valence-corrected chi connectivity index (χ1v) is 10.7. The first-order chi connectivity index (χ1) is 15.7. The van der Waals surface area contributed by atoms with Crippen LogP contribution in [-0.4, -0.2) is 40.8 Å². The zero-order chi connectivity index (χ0) is 23.9. The van der Waals surface area contributed by atoms with E-state index >= 15 is 0 Å². The van der Waals surface area contributed by atoms with Crippen molar-refractivity contribution in [2.75, 3.05) is 13.7 Å². The van der Waals surface area contributed by atoms with E-state index < -0.39 is 17.5 Å². The molecule has 33 heavy (non-hydrogen) atoms. The topological polar surface area (TPSA) is 80.6 Å². The summed E-state index contributed by atoms with van der Waals surface area (Å²) in [7, 11) is 1.56. The Morgan fingerprint density at radius 2 is 1.70 bits per heavy atom. The molecule has 0 spiro atoms. The van der Waals surface area contributed by atoms with Crippen LogP contribution >= 0.6 is 0 Å². The standard InChI is InChI=1S/C26H27N3O4/c1-16-8-6-7-9-22(16)29-17(2)14-21(18(29)3)23(30)15-28-24(31)26(4,27-25(28)32)19-10-12-20(33-5)13-11-19/h6-14H,15H2,1-5H3,(H,27,32). The largest absolute Gasteiger partial charge is 0.497 e. The summed E-state index contributed by atoms with van der Waals surface area (Å²) in [6.45, 7) is 7.14. The highest BCUT2D eigenvalue weighted by Gasteiger charge is 2.49. The summed E-state index contributed by atoms with van der Waals surface area (Å²) in [6, 6.07) is 16.1. The number of rotatable bonds is 6. The number of ether oxygens (including phenoxy) is 1. The molecule has 2 heterocycles. The number of methoxy groups -OCH3 is 1. The summed E-state index contributed by atoms with van der Waals surface area (Å²) in [5, 5.41) is 2.74. The fraction of sp³-hybridized carbons (Fsp3) is 0.269. The number of benzene rings is 2. The molecule has 1 atom stereocenters.